The molecule has 0 radical (unpaired) electrons. The van der Waals surface area contributed by atoms with Gasteiger partial charge in [0.05, 0.1) is 12.1 Å². The molecule has 1 aromatic rings. The molecular formula is C8H12B2ClNO. The molecule has 0 amide bonds. The maximum Gasteiger partial charge on any atom is 0.137 e. The van der Waals surface area contributed by atoms with Gasteiger partial charge in [-0.25, -0.2) is 0 Å². The van der Waals surface area contributed by atoms with Gasteiger partial charge in [0.15, 0.2) is 0 Å². The zero-order valence-corrected chi connectivity index (χ0v) is 8.85. The number of hydrogen-bond donors (Lipinski definition) is 1. The Morgan fingerprint density at radius 1 is 1.46 bits per heavy atom. The topological polar surface area (TPSA) is 35.2 Å². The second-order valence-electron chi connectivity index (χ2n) is 3.57. The van der Waals surface area contributed by atoms with E-state index < -0.39 is 0 Å². The lowest BCUT2D eigenvalue weighted by Crippen LogP contribution is -2.37. The molecule has 5 heteroatoms. The summed E-state index contributed by atoms with van der Waals surface area (Å²) in [6, 6.07) is 5.58. The van der Waals surface area contributed by atoms with Crippen LogP contribution in [0.4, 0.5) is 0 Å². The first-order chi connectivity index (χ1) is 5.95. The van der Waals surface area contributed by atoms with Crippen LogP contribution in [0.25, 0.3) is 0 Å². The lowest BCUT2D eigenvalue weighted by Gasteiger charge is -2.19. The fraction of sp³-hybridized carbons (Fsp3) is 0.250. The zero-order valence-electron chi connectivity index (χ0n) is 8.10. The Morgan fingerprint density at radius 2 is 2.08 bits per heavy atom. The van der Waals surface area contributed by atoms with Gasteiger partial charge >= 0.3 is 0 Å². The highest BCUT2D eigenvalue weighted by Crippen LogP contribution is 2.27. The standard InChI is InChI=1S/C8H12B2ClNO/c1-13-7-3-2-5(4-6(7)11)8(9,10)12/h2-4H,9-10,12H2,1H3. The molecule has 1 rings (SSSR count). The molecule has 0 unspecified atom stereocenters. The third-order valence-electron chi connectivity index (χ3n) is 1.90. The van der Waals surface area contributed by atoms with Gasteiger partial charge in [0.1, 0.15) is 21.4 Å². The van der Waals surface area contributed by atoms with Crippen LogP contribution in [0.15, 0.2) is 18.2 Å². The van der Waals surface area contributed by atoms with E-state index >= 15 is 0 Å². The van der Waals surface area contributed by atoms with Crippen LogP contribution in [-0.4, -0.2) is 22.8 Å². The summed E-state index contributed by atoms with van der Waals surface area (Å²) < 4.78 is 5.04. The van der Waals surface area contributed by atoms with Gasteiger partial charge in [0.25, 0.3) is 0 Å². The van der Waals surface area contributed by atoms with Crippen molar-refractivity contribution in [3.63, 3.8) is 0 Å². The van der Waals surface area contributed by atoms with Gasteiger partial charge in [-0.05, 0) is 23.0 Å². The van der Waals surface area contributed by atoms with E-state index in [4.69, 9.17) is 22.1 Å². The number of benzene rings is 1. The van der Waals surface area contributed by atoms with Crippen LogP contribution >= 0.6 is 11.6 Å². The molecule has 2 N–H and O–H groups in total. The van der Waals surface area contributed by atoms with Gasteiger partial charge < -0.3 is 10.5 Å². The molecule has 1 aromatic carbocycles. The molecule has 0 heterocycles. The van der Waals surface area contributed by atoms with Gasteiger partial charge in [-0.1, -0.05) is 17.7 Å². The second kappa shape index (κ2) is 3.64. The van der Waals surface area contributed by atoms with Crippen molar-refractivity contribution in [1.29, 1.82) is 0 Å². The van der Waals surface area contributed by atoms with E-state index in [2.05, 4.69) is 0 Å². The van der Waals surface area contributed by atoms with Crippen LogP contribution < -0.4 is 10.5 Å². The van der Waals surface area contributed by atoms with E-state index in [1.807, 2.05) is 33.9 Å². The van der Waals surface area contributed by atoms with E-state index in [1.165, 1.54) is 0 Å². The van der Waals surface area contributed by atoms with Crippen LogP contribution in [0.2, 0.25) is 5.02 Å². The minimum absolute atomic E-state index is 0.365. The largest absolute Gasteiger partial charge is 0.495 e. The Morgan fingerprint density at radius 3 is 2.46 bits per heavy atom. The van der Waals surface area contributed by atoms with Gasteiger partial charge in [-0.15, -0.1) is 0 Å². The Kier molecular flexibility index (Phi) is 2.94. The minimum Gasteiger partial charge on any atom is -0.495 e. The van der Waals surface area contributed by atoms with Crippen LogP contribution in [-0.2, 0) is 5.34 Å². The fourth-order valence-corrected chi connectivity index (χ4v) is 1.32. The van der Waals surface area contributed by atoms with E-state index in [-0.39, 0.29) is 5.34 Å². The molecule has 2 nitrogen and oxygen atoms in total. The van der Waals surface area contributed by atoms with Crippen molar-refractivity contribution >= 4 is 27.3 Å². The van der Waals surface area contributed by atoms with Crippen molar-refractivity contribution in [1.82, 2.24) is 0 Å². The molecule has 0 spiro atoms. The SMILES string of the molecule is BC(B)(N)c1ccc(OC)c(Cl)c1. The summed E-state index contributed by atoms with van der Waals surface area (Å²) in [5.41, 5.74) is 6.92. The minimum atomic E-state index is -0.365. The first kappa shape index (κ1) is 10.5. The summed E-state index contributed by atoms with van der Waals surface area (Å²) in [6.07, 6.45) is 0. The summed E-state index contributed by atoms with van der Waals surface area (Å²) in [4.78, 5) is 0. The highest BCUT2D eigenvalue weighted by atomic mass is 35.5. The highest BCUT2D eigenvalue weighted by Gasteiger charge is 2.15. The molecule has 0 saturated carbocycles. The van der Waals surface area contributed by atoms with E-state index in [0.29, 0.717) is 10.8 Å². The third kappa shape index (κ3) is 2.42. The average molecular weight is 195 g/mol. The zero-order chi connectivity index (χ0) is 10.1. The van der Waals surface area contributed by atoms with E-state index in [0.717, 1.165) is 5.56 Å². The van der Waals surface area contributed by atoms with Crippen molar-refractivity contribution in [2.45, 2.75) is 5.34 Å². The van der Waals surface area contributed by atoms with Gasteiger partial charge in [-0.2, -0.15) is 0 Å². The van der Waals surface area contributed by atoms with Gasteiger partial charge in [-0.3, -0.25) is 0 Å². The Hall–Kier alpha value is -0.600. The summed E-state index contributed by atoms with van der Waals surface area (Å²) in [5, 5.41) is 0.231. The molecule has 0 aliphatic heterocycles. The quantitative estimate of drug-likeness (QED) is 0.657. The Bertz CT molecular complexity index is 312. The predicted molar refractivity (Wildman–Crippen MR) is 61.0 cm³/mol. The van der Waals surface area contributed by atoms with Crippen LogP contribution in [0.3, 0.4) is 0 Å². The summed E-state index contributed by atoms with van der Waals surface area (Å²) >= 11 is 5.96. The summed E-state index contributed by atoms with van der Waals surface area (Å²) in [5.74, 6) is 0.676. The number of ether oxygens (including phenoxy) is 1. The monoisotopic (exact) mass is 195 g/mol. The molecule has 0 aromatic heterocycles. The molecule has 13 heavy (non-hydrogen) atoms. The molecule has 0 bridgehead atoms. The third-order valence-corrected chi connectivity index (χ3v) is 2.19. The van der Waals surface area contributed by atoms with Gasteiger partial charge in [0, 0.05) is 0 Å². The second-order valence-corrected chi connectivity index (χ2v) is 3.98. The molecule has 0 atom stereocenters. The normalized spacial score (nSPS) is 11.3. The van der Waals surface area contributed by atoms with Crippen LogP contribution in [0.5, 0.6) is 5.75 Å². The first-order valence-corrected chi connectivity index (χ1v) is 4.46. The maximum atomic E-state index is 5.96. The number of hydrogen-bond acceptors (Lipinski definition) is 2. The number of rotatable bonds is 2. The van der Waals surface area contributed by atoms with Crippen molar-refractivity contribution in [2.24, 2.45) is 5.73 Å². The lowest BCUT2D eigenvalue weighted by molar-refractivity contribution is 0.415. The molecule has 0 fully saturated rings. The van der Waals surface area contributed by atoms with Crippen molar-refractivity contribution in [2.75, 3.05) is 7.11 Å². The highest BCUT2D eigenvalue weighted by molar-refractivity contribution is 6.40. The maximum absolute atomic E-state index is 5.96. The lowest BCUT2D eigenvalue weighted by atomic mass is 9.59. The Balaban J connectivity index is 3.10. The fourth-order valence-electron chi connectivity index (χ4n) is 1.07. The Labute approximate surface area is 85.2 Å². The van der Waals surface area contributed by atoms with Gasteiger partial charge in [0.2, 0.25) is 0 Å². The van der Waals surface area contributed by atoms with Crippen molar-refractivity contribution in [3.05, 3.63) is 28.8 Å². The molecule has 0 aliphatic rings. The van der Waals surface area contributed by atoms with E-state index in [1.54, 1.807) is 7.11 Å². The smallest absolute Gasteiger partial charge is 0.137 e. The summed E-state index contributed by atoms with van der Waals surface area (Å²) in [7, 11) is 5.46. The molecule has 68 valence electrons. The van der Waals surface area contributed by atoms with Crippen molar-refractivity contribution in [3.8, 4) is 5.75 Å². The number of halogens is 1. The summed E-state index contributed by atoms with van der Waals surface area (Å²) in [6.45, 7) is 0. The molecular weight excluding hydrogens is 183 g/mol. The number of methoxy groups -OCH3 is 1. The first-order valence-electron chi connectivity index (χ1n) is 4.08. The molecule has 0 saturated heterocycles. The van der Waals surface area contributed by atoms with E-state index in [9.17, 15) is 0 Å². The van der Waals surface area contributed by atoms with Crippen LogP contribution in [0.1, 0.15) is 5.56 Å². The van der Waals surface area contributed by atoms with Crippen molar-refractivity contribution < 1.29 is 4.74 Å². The van der Waals surface area contributed by atoms with Crippen LogP contribution in [0, 0.1) is 0 Å². The number of nitrogens with two attached hydrogens (primary N) is 1. The molecule has 0 aliphatic carbocycles. The predicted octanol–water partition coefficient (Wildman–Crippen LogP) is -0.316. The average Bonchev–Trinajstić information content (AvgIpc) is 2.02.